The minimum atomic E-state index is 0. The summed E-state index contributed by atoms with van der Waals surface area (Å²) in [5.41, 5.74) is 5.61. The molecule has 0 spiro atoms. The van der Waals surface area contributed by atoms with Crippen molar-refractivity contribution in [2.45, 2.75) is 46.0 Å². The van der Waals surface area contributed by atoms with E-state index in [-0.39, 0.29) is 37.7 Å². The minimum absolute atomic E-state index is 0. The average molecular weight is 292 g/mol. The van der Waals surface area contributed by atoms with E-state index in [1.165, 1.54) is 22.3 Å². The van der Waals surface area contributed by atoms with E-state index < -0.39 is 0 Å². The normalized spacial score (nSPS) is 10.7. The van der Waals surface area contributed by atoms with Crippen LogP contribution in [0, 0.1) is 37.7 Å². The maximum Gasteiger partial charge on any atom is 0 e. The zero-order valence-electron chi connectivity index (χ0n) is 12.8. The first-order valence-electron chi connectivity index (χ1n) is 7.24. The molecule has 2 rings (SSSR count). The van der Waals surface area contributed by atoms with Gasteiger partial charge in [-0.1, -0.05) is 76.2 Å². The molecule has 0 saturated carbocycles. The van der Waals surface area contributed by atoms with Crippen LogP contribution in [-0.2, 0) is 6.42 Å². The third-order valence-electron chi connectivity index (χ3n) is 3.70. The molecule has 0 N–H and O–H groups in total. The Bertz CT molecular complexity index is 457. The van der Waals surface area contributed by atoms with Gasteiger partial charge in [-0.3, -0.25) is 0 Å². The molecule has 0 radical (unpaired) electrons. The van der Waals surface area contributed by atoms with Crippen LogP contribution >= 0.6 is 0 Å². The molecule has 20 heavy (non-hydrogen) atoms. The molecule has 0 nitrogen and oxygen atoms in total. The Balaban J connectivity index is 0.00000200. The molecular formula is C19H24Ar. The van der Waals surface area contributed by atoms with E-state index in [4.69, 9.17) is 0 Å². The SMILES string of the molecule is CC(C)c1ccc(Cc2ccc(C(C)C)cc2)cc1.[Ar]. The van der Waals surface area contributed by atoms with Crippen molar-refractivity contribution in [3.8, 4) is 0 Å². The Kier molecular flexibility index (Phi) is 7.29. The van der Waals surface area contributed by atoms with Crippen LogP contribution in [0.1, 0.15) is 61.8 Å². The van der Waals surface area contributed by atoms with E-state index in [0.717, 1.165) is 6.42 Å². The van der Waals surface area contributed by atoms with Crippen LogP contribution in [-0.4, -0.2) is 0 Å². The van der Waals surface area contributed by atoms with E-state index >= 15 is 0 Å². The van der Waals surface area contributed by atoms with Gasteiger partial charge in [0.25, 0.3) is 0 Å². The second-order valence-electron chi connectivity index (χ2n) is 5.97. The number of benzene rings is 2. The Labute approximate surface area is 153 Å². The fraction of sp³-hybridized carbons (Fsp3) is 0.368. The Morgan fingerprint density at radius 2 is 0.900 bits per heavy atom. The molecular weight excluding hydrogens is 268 g/mol. The Morgan fingerprint density at radius 3 is 1.15 bits per heavy atom. The molecule has 0 aliphatic carbocycles. The maximum absolute atomic E-state index is 2.26. The zero-order valence-corrected chi connectivity index (χ0v) is 13.5. The third kappa shape index (κ3) is 4.91. The van der Waals surface area contributed by atoms with Crippen LogP contribution in [0.4, 0.5) is 0 Å². The van der Waals surface area contributed by atoms with Gasteiger partial charge in [-0.15, -0.1) is 0 Å². The number of rotatable bonds is 4. The third-order valence-corrected chi connectivity index (χ3v) is 3.70. The molecule has 0 aromatic heterocycles. The quantitative estimate of drug-likeness (QED) is 0.695. The minimum Gasteiger partial charge on any atom is -0.0587 e. The van der Waals surface area contributed by atoms with Crippen molar-refractivity contribution in [2.75, 3.05) is 0 Å². The molecule has 2 aromatic rings. The monoisotopic (exact) mass is 292 g/mol. The first-order valence-corrected chi connectivity index (χ1v) is 7.24. The molecule has 0 unspecified atom stereocenters. The van der Waals surface area contributed by atoms with Crippen molar-refractivity contribution in [2.24, 2.45) is 0 Å². The molecule has 0 amide bonds. The standard InChI is InChI=1S/C19H24.Ar/c1-14(2)18-9-5-16(6-10-18)13-17-7-11-19(12-8-17)15(3)4;/h5-12,14-15H,13H2,1-4H3;. The molecule has 0 atom stereocenters. The van der Waals surface area contributed by atoms with E-state index in [1.54, 1.807) is 0 Å². The smallest absolute Gasteiger partial charge is 0 e. The van der Waals surface area contributed by atoms with Crippen LogP contribution in [0.15, 0.2) is 48.5 Å². The molecule has 1 heteroatoms. The van der Waals surface area contributed by atoms with Gasteiger partial charge in [-0.25, -0.2) is 0 Å². The molecule has 0 bridgehead atoms. The summed E-state index contributed by atoms with van der Waals surface area (Å²) >= 11 is 0. The second kappa shape index (κ2) is 8.22. The predicted molar refractivity (Wildman–Crippen MR) is 83.9 cm³/mol. The topological polar surface area (TPSA) is 0 Å². The zero-order chi connectivity index (χ0) is 13.8. The van der Waals surface area contributed by atoms with Crippen LogP contribution in [0.2, 0.25) is 0 Å². The molecule has 0 aliphatic rings. The predicted octanol–water partition coefficient (Wildman–Crippen LogP) is 5.52. The summed E-state index contributed by atoms with van der Waals surface area (Å²) in [6.45, 7) is 8.94. The van der Waals surface area contributed by atoms with Gasteiger partial charge in [0, 0.05) is 37.7 Å². The van der Waals surface area contributed by atoms with Crippen LogP contribution < -0.4 is 0 Å². The van der Waals surface area contributed by atoms with Crippen molar-refractivity contribution >= 4 is 0 Å². The van der Waals surface area contributed by atoms with Gasteiger partial charge in [0.2, 0.25) is 0 Å². The van der Waals surface area contributed by atoms with Crippen molar-refractivity contribution in [3.63, 3.8) is 0 Å². The molecule has 2 aromatic carbocycles. The fourth-order valence-corrected chi connectivity index (χ4v) is 2.28. The van der Waals surface area contributed by atoms with Gasteiger partial charge in [0.1, 0.15) is 0 Å². The molecule has 0 fully saturated rings. The molecule has 108 valence electrons. The summed E-state index contributed by atoms with van der Waals surface area (Å²) in [5.74, 6) is 1.22. The van der Waals surface area contributed by atoms with Crippen LogP contribution in [0.3, 0.4) is 0 Å². The van der Waals surface area contributed by atoms with Crippen molar-refractivity contribution in [1.82, 2.24) is 0 Å². The Morgan fingerprint density at radius 1 is 0.600 bits per heavy atom. The fourth-order valence-electron chi connectivity index (χ4n) is 2.28. The summed E-state index contributed by atoms with van der Waals surface area (Å²) in [6.07, 6.45) is 1.02. The first kappa shape index (κ1) is 17.8. The number of hydrogen-bond acceptors (Lipinski definition) is 0. The van der Waals surface area contributed by atoms with Gasteiger partial charge in [0.15, 0.2) is 0 Å². The summed E-state index contributed by atoms with van der Waals surface area (Å²) in [7, 11) is 0. The molecule has 0 saturated heterocycles. The molecule has 0 aliphatic heterocycles. The van der Waals surface area contributed by atoms with E-state index in [9.17, 15) is 0 Å². The van der Waals surface area contributed by atoms with E-state index in [0.29, 0.717) is 11.8 Å². The summed E-state index contributed by atoms with van der Waals surface area (Å²) in [6, 6.07) is 18.0. The van der Waals surface area contributed by atoms with Gasteiger partial charge in [-0.2, -0.15) is 0 Å². The van der Waals surface area contributed by atoms with Crippen molar-refractivity contribution < 1.29 is 37.7 Å². The largest absolute Gasteiger partial charge is 0.0587 e. The van der Waals surface area contributed by atoms with Crippen molar-refractivity contribution in [3.05, 3.63) is 70.8 Å². The second-order valence-corrected chi connectivity index (χ2v) is 5.97. The van der Waals surface area contributed by atoms with Gasteiger partial charge < -0.3 is 0 Å². The number of hydrogen-bond donors (Lipinski definition) is 0. The van der Waals surface area contributed by atoms with Crippen molar-refractivity contribution in [1.29, 1.82) is 0 Å². The van der Waals surface area contributed by atoms with Crippen LogP contribution in [0.5, 0.6) is 0 Å². The van der Waals surface area contributed by atoms with E-state index in [1.807, 2.05) is 0 Å². The van der Waals surface area contributed by atoms with Gasteiger partial charge >= 0.3 is 0 Å². The van der Waals surface area contributed by atoms with Gasteiger partial charge in [0.05, 0.1) is 0 Å². The maximum atomic E-state index is 2.26. The summed E-state index contributed by atoms with van der Waals surface area (Å²) in [5, 5.41) is 0. The van der Waals surface area contributed by atoms with E-state index in [2.05, 4.69) is 76.2 Å². The summed E-state index contributed by atoms with van der Waals surface area (Å²) in [4.78, 5) is 0. The Hall–Kier alpha value is -0.300. The summed E-state index contributed by atoms with van der Waals surface area (Å²) < 4.78 is 0. The average Bonchev–Trinajstić information content (AvgIpc) is 2.40. The first-order chi connectivity index (χ1) is 9.06. The molecule has 0 heterocycles. The van der Waals surface area contributed by atoms with Gasteiger partial charge in [-0.05, 0) is 40.5 Å². The van der Waals surface area contributed by atoms with Crippen LogP contribution in [0.25, 0.3) is 0 Å².